The molecule has 1 fully saturated rings. The van der Waals surface area contributed by atoms with Crippen molar-refractivity contribution in [2.24, 2.45) is 0 Å². The molecular weight excluding hydrogens is 350 g/mol. The quantitative estimate of drug-likeness (QED) is 0.843. The lowest BCUT2D eigenvalue weighted by molar-refractivity contribution is 0.0693. The lowest BCUT2D eigenvalue weighted by atomic mass is 10.1. The fraction of sp³-hybridized carbons (Fsp3) is 0.368. The van der Waals surface area contributed by atoms with Crippen molar-refractivity contribution >= 4 is 21.6 Å². The van der Waals surface area contributed by atoms with Gasteiger partial charge < -0.3 is 4.90 Å². The van der Waals surface area contributed by atoms with Crippen LogP contribution in [-0.2, 0) is 10.0 Å². The lowest BCUT2D eigenvalue weighted by Gasteiger charge is -2.27. The largest absolute Gasteiger partial charge is 0.336 e. The van der Waals surface area contributed by atoms with Gasteiger partial charge in [-0.3, -0.25) is 14.5 Å². The number of amides is 1. The first-order chi connectivity index (χ1) is 12.5. The summed E-state index contributed by atoms with van der Waals surface area (Å²) in [7, 11) is -3.70. The maximum Gasteiger partial charge on any atom is 0.261 e. The van der Waals surface area contributed by atoms with E-state index in [0.29, 0.717) is 23.8 Å². The summed E-state index contributed by atoms with van der Waals surface area (Å²) in [6, 6.07) is 9.57. The molecule has 0 radical (unpaired) electrons. The van der Waals surface area contributed by atoms with Crippen LogP contribution in [0.25, 0.3) is 0 Å². The number of benzene rings is 1. The number of pyridine rings is 1. The van der Waals surface area contributed by atoms with Crippen LogP contribution in [0.4, 0.5) is 5.69 Å². The van der Waals surface area contributed by atoms with E-state index in [-0.39, 0.29) is 10.8 Å². The number of nitrogens with zero attached hydrogens (tertiary/aromatic N) is 2. The zero-order valence-corrected chi connectivity index (χ0v) is 15.6. The molecule has 0 atom stereocenters. The number of sulfonamides is 1. The van der Waals surface area contributed by atoms with Crippen LogP contribution >= 0.6 is 0 Å². The van der Waals surface area contributed by atoms with Gasteiger partial charge in [0.1, 0.15) is 0 Å². The van der Waals surface area contributed by atoms with E-state index in [1.165, 1.54) is 24.5 Å². The van der Waals surface area contributed by atoms with Crippen LogP contribution in [0.1, 0.15) is 43.0 Å². The smallest absolute Gasteiger partial charge is 0.261 e. The van der Waals surface area contributed by atoms with Crippen LogP contribution in [0.3, 0.4) is 0 Å². The predicted molar refractivity (Wildman–Crippen MR) is 100 cm³/mol. The molecule has 1 N–H and O–H groups in total. The number of hydrogen-bond acceptors (Lipinski definition) is 4. The predicted octanol–water partition coefficient (Wildman–Crippen LogP) is 3.29. The molecule has 0 aliphatic heterocycles. The average molecular weight is 373 g/mol. The first kappa shape index (κ1) is 18.4. The highest BCUT2D eigenvalue weighted by Crippen LogP contribution is 2.25. The molecule has 1 heterocycles. The molecule has 26 heavy (non-hydrogen) atoms. The third kappa shape index (κ3) is 4.04. The van der Waals surface area contributed by atoms with Crippen LogP contribution in [0, 0.1) is 0 Å². The summed E-state index contributed by atoms with van der Waals surface area (Å²) in [5.41, 5.74) is 0.958. The van der Waals surface area contributed by atoms with Crippen LogP contribution < -0.4 is 4.72 Å². The van der Waals surface area contributed by atoms with E-state index in [0.717, 1.165) is 25.7 Å². The van der Waals surface area contributed by atoms with Crippen molar-refractivity contribution < 1.29 is 13.2 Å². The summed E-state index contributed by atoms with van der Waals surface area (Å²) >= 11 is 0. The van der Waals surface area contributed by atoms with Crippen LogP contribution in [0.2, 0.25) is 0 Å². The Bertz CT molecular complexity index is 845. The zero-order chi connectivity index (χ0) is 18.6. The third-order valence-corrected chi connectivity index (χ3v) is 6.11. The first-order valence-electron chi connectivity index (χ1n) is 8.85. The van der Waals surface area contributed by atoms with Crippen molar-refractivity contribution in [2.45, 2.75) is 43.5 Å². The minimum Gasteiger partial charge on any atom is -0.336 e. The van der Waals surface area contributed by atoms with Crippen LogP contribution in [0.15, 0.2) is 53.7 Å². The Balaban J connectivity index is 1.76. The summed E-state index contributed by atoms with van der Waals surface area (Å²) in [5.74, 6) is -0.0366. The Morgan fingerprint density at radius 2 is 1.73 bits per heavy atom. The second kappa shape index (κ2) is 7.86. The van der Waals surface area contributed by atoms with Gasteiger partial charge in [0.25, 0.3) is 15.9 Å². The average Bonchev–Trinajstić information content (AvgIpc) is 3.17. The van der Waals surface area contributed by atoms with Crippen molar-refractivity contribution in [3.05, 3.63) is 54.4 Å². The molecule has 0 saturated heterocycles. The number of carbonyl (C=O) groups excluding carboxylic acids is 1. The molecule has 2 aromatic rings. The molecule has 1 saturated carbocycles. The van der Waals surface area contributed by atoms with Gasteiger partial charge in [-0.2, -0.15) is 0 Å². The molecule has 1 aromatic carbocycles. The summed E-state index contributed by atoms with van der Waals surface area (Å²) in [4.78, 5) is 18.6. The SMILES string of the molecule is CCN(C(=O)c1ccc(S(=O)(=O)Nc2ccncc2)cc1)C1CCCC1. The minimum absolute atomic E-state index is 0.0366. The van der Waals surface area contributed by atoms with Gasteiger partial charge in [-0.1, -0.05) is 12.8 Å². The second-order valence-electron chi connectivity index (χ2n) is 6.40. The van der Waals surface area contributed by atoms with Crippen LogP contribution in [0.5, 0.6) is 0 Å². The molecule has 6 nitrogen and oxygen atoms in total. The van der Waals surface area contributed by atoms with E-state index in [4.69, 9.17) is 0 Å². The van der Waals surface area contributed by atoms with Gasteiger partial charge in [-0.15, -0.1) is 0 Å². The summed E-state index contributed by atoms with van der Waals surface area (Å²) in [6.45, 7) is 2.64. The molecule has 0 spiro atoms. The number of hydrogen-bond donors (Lipinski definition) is 1. The van der Waals surface area contributed by atoms with Gasteiger partial charge in [0.2, 0.25) is 0 Å². The molecule has 0 bridgehead atoms. The van der Waals surface area contributed by atoms with Crippen molar-refractivity contribution in [3.63, 3.8) is 0 Å². The second-order valence-corrected chi connectivity index (χ2v) is 8.08. The van der Waals surface area contributed by atoms with Gasteiger partial charge in [-0.05, 0) is 56.2 Å². The molecule has 1 aliphatic rings. The summed E-state index contributed by atoms with van der Waals surface area (Å²) in [5, 5.41) is 0. The van der Waals surface area contributed by atoms with Gasteiger partial charge in [0, 0.05) is 30.5 Å². The van der Waals surface area contributed by atoms with Gasteiger partial charge in [0.05, 0.1) is 10.6 Å². The fourth-order valence-electron chi connectivity index (χ4n) is 3.36. The van der Waals surface area contributed by atoms with Crippen LogP contribution in [-0.4, -0.2) is 36.8 Å². The van der Waals surface area contributed by atoms with E-state index in [1.807, 2.05) is 11.8 Å². The Morgan fingerprint density at radius 3 is 2.31 bits per heavy atom. The fourth-order valence-corrected chi connectivity index (χ4v) is 4.42. The Kier molecular flexibility index (Phi) is 5.56. The van der Waals surface area contributed by atoms with E-state index in [9.17, 15) is 13.2 Å². The first-order valence-corrected chi connectivity index (χ1v) is 10.3. The summed E-state index contributed by atoms with van der Waals surface area (Å²) in [6.07, 6.45) is 7.44. The third-order valence-electron chi connectivity index (χ3n) is 4.71. The molecule has 1 amide bonds. The molecule has 138 valence electrons. The molecule has 0 unspecified atom stereocenters. The number of anilines is 1. The van der Waals surface area contributed by atoms with Crippen molar-refractivity contribution in [1.29, 1.82) is 0 Å². The van der Waals surface area contributed by atoms with Gasteiger partial charge in [-0.25, -0.2) is 8.42 Å². The highest BCUT2D eigenvalue weighted by Gasteiger charge is 2.26. The maximum absolute atomic E-state index is 12.8. The van der Waals surface area contributed by atoms with E-state index in [1.54, 1.807) is 24.3 Å². The summed E-state index contributed by atoms with van der Waals surface area (Å²) < 4.78 is 27.4. The molecule has 3 rings (SSSR count). The number of aromatic nitrogens is 1. The number of carbonyl (C=O) groups is 1. The lowest BCUT2D eigenvalue weighted by Crippen LogP contribution is -2.38. The molecule has 1 aliphatic carbocycles. The van der Waals surface area contributed by atoms with E-state index in [2.05, 4.69) is 9.71 Å². The molecule has 7 heteroatoms. The van der Waals surface area contributed by atoms with Crippen molar-refractivity contribution in [1.82, 2.24) is 9.88 Å². The Morgan fingerprint density at radius 1 is 1.12 bits per heavy atom. The van der Waals surface area contributed by atoms with Gasteiger partial charge in [0.15, 0.2) is 0 Å². The number of nitrogens with one attached hydrogen (secondary N) is 1. The Hall–Kier alpha value is -2.41. The van der Waals surface area contributed by atoms with Crippen molar-refractivity contribution in [3.8, 4) is 0 Å². The standard InChI is InChI=1S/C19H23N3O3S/c1-2-22(17-5-3-4-6-17)19(23)15-7-9-18(10-8-15)26(24,25)21-16-11-13-20-14-12-16/h7-14,17H,2-6H2,1H3,(H,20,21). The number of rotatable bonds is 6. The topological polar surface area (TPSA) is 79.4 Å². The normalized spacial score (nSPS) is 15.0. The molecule has 1 aromatic heterocycles. The molecular formula is C19H23N3O3S. The Labute approximate surface area is 154 Å². The van der Waals surface area contributed by atoms with Crippen molar-refractivity contribution in [2.75, 3.05) is 11.3 Å². The monoisotopic (exact) mass is 373 g/mol. The van der Waals surface area contributed by atoms with Gasteiger partial charge >= 0.3 is 0 Å². The maximum atomic E-state index is 12.8. The zero-order valence-electron chi connectivity index (χ0n) is 14.8. The van der Waals surface area contributed by atoms with E-state index < -0.39 is 10.0 Å². The highest BCUT2D eigenvalue weighted by molar-refractivity contribution is 7.92. The minimum atomic E-state index is -3.70. The highest BCUT2D eigenvalue weighted by atomic mass is 32.2. The van der Waals surface area contributed by atoms with E-state index >= 15 is 0 Å².